The Bertz CT molecular complexity index is 709. The number of nitrogens with one attached hydrogen (secondary N) is 1. The van der Waals surface area contributed by atoms with Crippen LogP contribution in [0.4, 0.5) is 4.39 Å². The Balaban J connectivity index is 0.00000225. The van der Waals surface area contributed by atoms with Crippen LogP contribution in [0.1, 0.15) is 23.6 Å². The summed E-state index contributed by atoms with van der Waals surface area (Å²) < 4.78 is 13.0. The van der Waals surface area contributed by atoms with E-state index in [1.54, 1.807) is 12.1 Å². The molecule has 0 radical (unpaired) electrons. The molecule has 1 atom stereocenters. The summed E-state index contributed by atoms with van der Waals surface area (Å²) in [5.41, 5.74) is 2.02. The standard InChI is InChI=1S/C19H20ClFN2O.ClH/c20-16-3-1-2-15(12-16)18-13-22-10-11-23(18)19(24)9-6-14-4-7-17(21)8-5-14;/h1-5,7-8,12,18,22H,6,9-11,13H2;1H. The van der Waals surface area contributed by atoms with Crippen molar-refractivity contribution < 1.29 is 9.18 Å². The predicted octanol–water partition coefficient (Wildman–Crippen LogP) is 4.01. The molecule has 2 aromatic rings. The highest BCUT2D eigenvalue weighted by Gasteiger charge is 2.27. The van der Waals surface area contributed by atoms with Crippen molar-refractivity contribution >= 4 is 29.9 Å². The number of hydrogen-bond donors (Lipinski definition) is 1. The fourth-order valence-electron chi connectivity index (χ4n) is 3.06. The molecule has 3 nitrogen and oxygen atoms in total. The van der Waals surface area contributed by atoms with Crippen LogP contribution in [0.25, 0.3) is 0 Å². The predicted molar refractivity (Wildman–Crippen MR) is 101 cm³/mol. The van der Waals surface area contributed by atoms with Gasteiger partial charge in [-0.05, 0) is 41.8 Å². The molecule has 25 heavy (non-hydrogen) atoms. The largest absolute Gasteiger partial charge is 0.333 e. The van der Waals surface area contributed by atoms with Gasteiger partial charge in [-0.1, -0.05) is 35.9 Å². The summed E-state index contributed by atoms with van der Waals surface area (Å²) in [4.78, 5) is 14.6. The minimum Gasteiger partial charge on any atom is -0.333 e. The third-order valence-electron chi connectivity index (χ3n) is 4.34. The molecule has 3 rings (SSSR count). The summed E-state index contributed by atoms with van der Waals surface area (Å²) in [6, 6.07) is 14.0. The summed E-state index contributed by atoms with van der Waals surface area (Å²) in [7, 11) is 0. The summed E-state index contributed by atoms with van der Waals surface area (Å²) in [5, 5.41) is 4.02. The fourth-order valence-corrected chi connectivity index (χ4v) is 3.26. The SMILES string of the molecule is Cl.O=C(CCc1ccc(F)cc1)N1CCNCC1c1cccc(Cl)c1. The Kier molecular flexibility index (Phi) is 7.24. The van der Waals surface area contributed by atoms with Crippen LogP contribution >= 0.6 is 24.0 Å². The Morgan fingerprint density at radius 2 is 2.00 bits per heavy atom. The van der Waals surface area contributed by atoms with Gasteiger partial charge >= 0.3 is 0 Å². The van der Waals surface area contributed by atoms with E-state index < -0.39 is 0 Å². The van der Waals surface area contributed by atoms with Crippen LogP contribution in [0.2, 0.25) is 5.02 Å². The van der Waals surface area contributed by atoms with Gasteiger partial charge in [0.1, 0.15) is 5.82 Å². The molecule has 1 N–H and O–H groups in total. The molecule has 0 spiro atoms. The van der Waals surface area contributed by atoms with Gasteiger partial charge in [0.2, 0.25) is 5.91 Å². The summed E-state index contributed by atoms with van der Waals surface area (Å²) >= 11 is 6.09. The maximum Gasteiger partial charge on any atom is 0.223 e. The first-order valence-electron chi connectivity index (χ1n) is 8.13. The number of amides is 1. The first-order valence-corrected chi connectivity index (χ1v) is 8.51. The lowest BCUT2D eigenvalue weighted by Crippen LogP contribution is -2.48. The normalized spacial score (nSPS) is 17.0. The van der Waals surface area contributed by atoms with Crippen molar-refractivity contribution in [3.8, 4) is 0 Å². The summed E-state index contributed by atoms with van der Waals surface area (Å²) in [6.07, 6.45) is 1.04. The summed E-state index contributed by atoms with van der Waals surface area (Å²) in [6.45, 7) is 2.20. The molecule has 1 saturated heterocycles. The van der Waals surface area contributed by atoms with E-state index >= 15 is 0 Å². The highest BCUT2D eigenvalue weighted by Crippen LogP contribution is 2.25. The van der Waals surface area contributed by atoms with E-state index in [1.807, 2.05) is 29.2 Å². The van der Waals surface area contributed by atoms with Gasteiger partial charge in [0.05, 0.1) is 6.04 Å². The highest BCUT2D eigenvalue weighted by atomic mass is 35.5. The van der Waals surface area contributed by atoms with Gasteiger partial charge in [0.15, 0.2) is 0 Å². The van der Waals surface area contributed by atoms with Crippen LogP contribution in [-0.4, -0.2) is 30.4 Å². The lowest BCUT2D eigenvalue weighted by atomic mass is 10.0. The minimum atomic E-state index is -0.256. The van der Waals surface area contributed by atoms with Gasteiger partial charge in [-0.2, -0.15) is 0 Å². The van der Waals surface area contributed by atoms with Crippen LogP contribution in [-0.2, 0) is 11.2 Å². The molecule has 134 valence electrons. The van der Waals surface area contributed by atoms with Crippen molar-refractivity contribution in [2.24, 2.45) is 0 Å². The molecule has 1 aliphatic rings. The maximum absolute atomic E-state index is 13.0. The van der Waals surface area contributed by atoms with Gasteiger partial charge in [-0.3, -0.25) is 4.79 Å². The molecule has 0 bridgehead atoms. The monoisotopic (exact) mass is 382 g/mol. The Labute approximate surface area is 158 Å². The molecule has 1 aliphatic heterocycles. The Morgan fingerprint density at radius 1 is 1.24 bits per heavy atom. The topological polar surface area (TPSA) is 32.3 Å². The molecule has 2 aromatic carbocycles. The number of aryl methyl sites for hydroxylation is 1. The minimum absolute atomic E-state index is 0. The number of rotatable bonds is 4. The van der Waals surface area contributed by atoms with E-state index in [0.717, 1.165) is 24.2 Å². The molecule has 6 heteroatoms. The number of carbonyl (C=O) groups excluding carboxylic acids is 1. The lowest BCUT2D eigenvalue weighted by Gasteiger charge is -2.36. The third-order valence-corrected chi connectivity index (χ3v) is 4.57. The van der Waals surface area contributed by atoms with Crippen LogP contribution < -0.4 is 5.32 Å². The Morgan fingerprint density at radius 3 is 2.72 bits per heavy atom. The molecule has 0 aromatic heterocycles. The van der Waals surface area contributed by atoms with Crippen molar-refractivity contribution in [2.45, 2.75) is 18.9 Å². The van der Waals surface area contributed by atoms with Crippen molar-refractivity contribution in [3.63, 3.8) is 0 Å². The number of benzene rings is 2. The molecule has 1 amide bonds. The van der Waals surface area contributed by atoms with Crippen molar-refractivity contribution in [3.05, 3.63) is 70.5 Å². The average molecular weight is 383 g/mol. The van der Waals surface area contributed by atoms with E-state index in [9.17, 15) is 9.18 Å². The molecular weight excluding hydrogens is 362 g/mol. The molecule has 0 saturated carbocycles. The first kappa shape index (κ1) is 19.7. The van der Waals surface area contributed by atoms with Crippen LogP contribution in [0, 0.1) is 5.82 Å². The first-order chi connectivity index (χ1) is 11.6. The number of carbonyl (C=O) groups is 1. The number of piperazine rings is 1. The number of halogens is 3. The molecule has 1 fully saturated rings. The van der Waals surface area contributed by atoms with Crippen molar-refractivity contribution in [2.75, 3.05) is 19.6 Å². The van der Waals surface area contributed by atoms with E-state index in [0.29, 0.717) is 24.4 Å². The zero-order valence-electron chi connectivity index (χ0n) is 13.8. The Hall–Kier alpha value is -1.62. The van der Waals surface area contributed by atoms with Crippen LogP contribution in [0.3, 0.4) is 0 Å². The van der Waals surface area contributed by atoms with Gasteiger partial charge < -0.3 is 10.2 Å². The van der Waals surface area contributed by atoms with E-state index in [-0.39, 0.29) is 30.2 Å². The summed E-state index contributed by atoms with van der Waals surface area (Å²) in [5.74, 6) is -0.140. The maximum atomic E-state index is 13.0. The zero-order chi connectivity index (χ0) is 16.9. The molecule has 0 aliphatic carbocycles. The molecule has 1 heterocycles. The third kappa shape index (κ3) is 5.18. The second kappa shape index (κ2) is 9.18. The number of hydrogen-bond acceptors (Lipinski definition) is 2. The van der Waals surface area contributed by atoms with Crippen LogP contribution in [0.15, 0.2) is 48.5 Å². The van der Waals surface area contributed by atoms with E-state index in [2.05, 4.69) is 5.32 Å². The van der Waals surface area contributed by atoms with Crippen LogP contribution in [0.5, 0.6) is 0 Å². The molecular formula is C19H21Cl2FN2O. The lowest BCUT2D eigenvalue weighted by molar-refractivity contribution is -0.134. The highest BCUT2D eigenvalue weighted by molar-refractivity contribution is 6.30. The van der Waals surface area contributed by atoms with Gasteiger partial charge in [-0.25, -0.2) is 4.39 Å². The second-order valence-corrected chi connectivity index (χ2v) is 6.42. The van der Waals surface area contributed by atoms with Gasteiger partial charge in [0.25, 0.3) is 0 Å². The van der Waals surface area contributed by atoms with Gasteiger partial charge in [-0.15, -0.1) is 12.4 Å². The zero-order valence-corrected chi connectivity index (χ0v) is 15.3. The van der Waals surface area contributed by atoms with Gasteiger partial charge in [0, 0.05) is 31.1 Å². The van der Waals surface area contributed by atoms with E-state index in [1.165, 1.54) is 12.1 Å². The van der Waals surface area contributed by atoms with Crippen molar-refractivity contribution in [1.82, 2.24) is 10.2 Å². The molecule has 1 unspecified atom stereocenters. The smallest absolute Gasteiger partial charge is 0.223 e. The van der Waals surface area contributed by atoms with Crippen molar-refractivity contribution in [1.29, 1.82) is 0 Å². The average Bonchev–Trinajstić information content (AvgIpc) is 2.61. The number of nitrogens with zero attached hydrogens (tertiary/aromatic N) is 1. The van der Waals surface area contributed by atoms with E-state index in [4.69, 9.17) is 11.6 Å². The second-order valence-electron chi connectivity index (χ2n) is 5.99. The quantitative estimate of drug-likeness (QED) is 0.866. The fraction of sp³-hybridized carbons (Fsp3) is 0.316.